The van der Waals surface area contributed by atoms with E-state index in [1.54, 1.807) is 0 Å². The molecule has 10 heavy (non-hydrogen) atoms. The molecule has 0 fully saturated rings. The molecule has 2 N–H and O–H groups in total. The van der Waals surface area contributed by atoms with Crippen LogP contribution in [0.5, 0.6) is 0 Å². The highest BCUT2D eigenvalue weighted by molar-refractivity contribution is 5.85. The van der Waals surface area contributed by atoms with Gasteiger partial charge in [0.25, 0.3) is 0 Å². The Bertz CT molecular complexity index is 87.8. The molecule has 0 unspecified atom stereocenters. The molecule has 0 radical (unpaired) electrons. The molecule has 0 saturated carbocycles. The van der Waals surface area contributed by atoms with Crippen molar-refractivity contribution in [3.63, 3.8) is 0 Å². The molecule has 0 aromatic carbocycles. The van der Waals surface area contributed by atoms with Crippen LogP contribution >= 0.6 is 12.4 Å². The van der Waals surface area contributed by atoms with Gasteiger partial charge in [-0.15, -0.1) is 12.4 Å². The molecule has 62 valence electrons. The first-order valence-corrected chi connectivity index (χ1v) is 3.20. The number of hydrogen-bond donors (Lipinski definition) is 2. The highest BCUT2D eigenvalue weighted by atomic mass is 35.5. The molecule has 0 saturated heterocycles. The molecule has 0 rings (SSSR count). The molecule has 0 aliphatic heterocycles. The summed E-state index contributed by atoms with van der Waals surface area (Å²) in [5, 5.41) is 11.2. The van der Waals surface area contributed by atoms with Crippen molar-refractivity contribution in [3.05, 3.63) is 0 Å². The largest absolute Gasteiger partial charge is 0.481 e. The van der Waals surface area contributed by atoms with Crippen molar-refractivity contribution in [1.29, 1.82) is 0 Å². The number of halogens is 1. The van der Waals surface area contributed by atoms with Crippen LogP contribution in [0.1, 0.15) is 19.8 Å². The zero-order chi connectivity index (χ0) is 7.11. The zero-order valence-electron chi connectivity index (χ0n) is 6.09. The molecule has 0 aliphatic rings. The van der Waals surface area contributed by atoms with Gasteiger partial charge in [0.15, 0.2) is 0 Å². The second-order valence-corrected chi connectivity index (χ2v) is 1.89. The summed E-state index contributed by atoms with van der Waals surface area (Å²) in [6.45, 7) is 3.55. The maximum absolute atomic E-state index is 9.92. The monoisotopic (exact) mass is 167 g/mol. The van der Waals surface area contributed by atoms with E-state index >= 15 is 0 Å². The molecule has 3 nitrogen and oxygen atoms in total. The molecule has 0 aliphatic carbocycles. The quantitative estimate of drug-likeness (QED) is 0.598. The summed E-state index contributed by atoms with van der Waals surface area (Å²) in [6, 6.07) is 0. The fraction of sp³-hybridized carbons (Fsp3) is 0.833. The van der Waals surface area contributed by atoms with Crippen LogP contribution in [0.4, 0.5) is 0 Å². The number of nitrogens with one attached hydrogen (secondary N) is 1. The van der Waals surface area contributed by atoms with Crippen molar-refractivity contribution in [2.75, 3.05) is 13.1 Å². The first kappa shape index (κ1) is 12.4. The highest BCUT2D eigenvalue weighted by Gasteiger charge is 1.92. The van der Waals surface area contributed by atoms with Gasteiger partial charge >= 0.3 is 5.97 Å². The lowest BCUT2D eigenvalue weighted by atomic mass is 10.4. The number of rotatable bonds is 5. The van der Waals surface area contributed by atoms with E-state index in [2.05, 4.69) is 5.32 Å². The third kappa shape index (κ3) is 10.7. The van der Waals surface area contributed by atoms with E-state index in [-0.39, 0.29) is 18.8 Å². The number of hydrogen-bond acceptors (Lipinski definition) is 2. The minimum Gasteiger partial charge on any atom is -0.481 e. The first-order valence-electron chi connectivity index (χ1n) is 3.20. The lowest BCUT2D eigenvalue weighted by Gasteiger charge is -1.97. The number of carboxylic acids is 1. The van der Waals surface area contributed by atoms with E-state index in [9.17, 15) is 4.79 Å². The highest BCUT2D eigenvalue weighted by Crippen LogP contribution is 1.75. The number of carbonyl (C=O) groups is 1. The molecule has 0 aromatic heterocycles. The van der Waals surface area contributed by atoms with Crippen molar-refractivity contribution in [2.45, 2.75) is 19.8 Å². The van der Waals surface area contributed by atoms with E-state index in [0.29, 0.717) is 6.54 Å². The van der Waals surface area contributed by atoms with Crippen LogP contribution in [0, 0.1) is 0 Å². The molecule has 0 spiro atoms. The predicted octanol–water partition coefficient (Wildman–Crippen LogP) is 0.882. The van der Waals surface area contributed by atoms with E-state index in [0.717, 1.165) is 13.0 Å². The van der Waals surface area contributed by atoms with Crippen molar-refractivity contribution in [3.8, 4) is 0 Å². The van der Waals surface area contributed by atoms with Gasteiger partial charge in [0.05, 0.1) is 6.42 Å². The van der Waals surface area contributed by atoms with Crippen LogP contribution in [-0.4, -0.2) is 24.2 Å². The van der Waals surface area contributed by atoms with E-state index < -0.39 is 5.97 Å². The van der Waals surface area contributed by atoms with Crippen LogP contribution in [0.3, 0.4) is 0 Å². The maximum Gasteiger partial charge on any atom is 0.304 e. The molecular formula is C6H14ClNO2. The van der Waals surface area contributed by atoms with Crippen LogP contribution < -0.4 is 5.32 Å². The molecule has 0 bridgehead atoms. The normalized spacial score (nSPS) is 8.50. The van der Waals surface area contributed by atoms with Gasteiger partial charge in [0, 0.05) is 6.54 Å². The molecule has 0 aromatic rings. The Labute approximate surface area is 67.2 Å². The fourth-order valence-corrected chi connectivity index (χ4v) is 0.497. The Hall–Kier alpha value is -0.280. The number of carboxylic acid groups (broad SMARTS) is 1. The van der Waals surface area contributed by atoms with Gasteiger partial charge in [0.1, 0.15) is 0 Å². The molecule has 4 heteroatoms. The average molecular weight is 168 g/mol. The second-order valence-electron chi connectivity index (χ2n) is 1.89. The second kappa shape index (κ2) is 8.72. The topological polar surface area (TPSA) is 49.3 Å². The lowest BCUT2D eigenvalue weighted by molar-refractivity contribution is -0.136. The Morgan fingerprint density at radius 3 is 2.50 bits per heavy atom. The van der Waals surface area contributed by atoms with Crippen molar-refractivity contribution in [2.24, 2.45) is 0 Å². The van der Waals surface area contributed by atoms with Crippen LogP contribution in [0.2, 0.25) is 0 Å². The van der Waals surface area contributed by atoms with Gasteiger partial charge < -0.3 is 10.4 Å². The summed E-state index contributed by atoms with van der Waals surface area (Å²) in [6.07, 6.45) is 1.28. The van der Waals surface area contributed by atoms with Gasteiger partial charge in [-0.2, -0.15) is 0 Å². The van der Waals surface area contributed by atoms with E-state index in [1.807, 2.05) is 6.92 Å². The third-order valence-electron chi connectivity index (χ3n) is 0.942. The minimum absolute atomic E-state index is 0. The molecular weight excluding hydrogens is 154 g/mol. The van der Waals surface area contributed by atoms with Gasteiger partial charge in [-0.3, -0.25) is 4.79 Å². The van der Waals surface area contributed by atoms with Gasteiger partial charge in [-0.25, -0.2) is 0 Å². The SMILES string of the molecule is CCCNCCC(=O)O.Cl. The van der Waals surface area contributed by atoms with Crippen LogP contribution in [-0.2, 0) is 4.79 Å². The van der Waals surface area contributed by atoms with E-state index in [1.165, 1.54) is 0 Å². The summed E-state index contributed by atoms with van der Waals surface area (Å²) in [7, 11) is 0. The first-order chi connectivity index (χ1) is 4.27. The Balaban J connectivity index is 0. The van der Waals surface area contributed by atoms with Crippen molar-refractivity contribution >= 4 is 18.4 Å². The molecule has 0 atom stereocenters. The molecule has 0 amide bonds. The zero-order valence-corrected chi connectivity index (χ0v) is 6.91. The smallest absolute Gasteiger partial charge is 0.304 e. The Kier molecular flexibility index (Phi) is 10.8. The standard InChI is InChI=1S/C6H13NO2.ClH/c1-2-4-7-5-3-6(8)9;/h7H,2-5H2,1H3,(H,8,9);1H. The summed E-state index contributed by atoms with van der Waals surface area (Å²) >= 11 is 0. The Morgan fingerprint density at radius 1 is 1.50 bits per heavy atom. The fourth-order valence-electron chi connectivity index (χ4n) is 0.497. The van der Waals surface area contributed by atoms with Crippen LogP contribution in [0.15, 0.2) is 0 Å². The summed E-state index contributed by atoms with van der Waals surface area (Å²) in [5.74, 6) is -0.737. The molecule has 0 heterocycles. The van der Waals surface area contributed by atoms with Crippen molar-refractivity contribution in [1.82, 2.24) is 5.32 Å². The third-order valence-corrected chi connectivity index (χ3v) is 0.942. The number of aliphatic carboxylic acids is 1. The maximum atomic E-state index is 9.92. The Morgan fingerprint density at radius 2 is 2.10 bits per heavy atom. The van der Waals surface area contributed by atoms with Gasteiger partial charge in [-0.05, 0) is 13.0 Å². The summed E-state index contributed by atoms with van der Waals surface area (Å²) in [5.41, 5.74) is 0. The van der Waals surface area contributed by atoms with E-state index in [4.69, 9.17) is 5.11 Å². The van der Waals surface area contributed by atoms with Crippen molar-refractivity contribution < 1.29 is 9.90 Å². The van der Waals surface area contributed by atoms with Gasteiger partial charge in [0.2, 0.25) is 0 Å². The summed E-state index contributed by atoms with van der Waals surface area (Å²) in [4.78, 5) is 9.92. The average Bonchev–Trinajstić information content (AvgIpc) is 1.80. The minimum atomic E-state index is -0.737. The van der Waals surface area contributed by atoms with Crippen LogP contribution in [0.25, 0.3) is 0 Å². The summed E-state index contributed by atoms with van der Waals surface area (Å²) < 4.78 is 0. The van der Waals surface area contributed by atoms with Gasteiger partial charge in [-0.1, -0.05) is 6.92 Å². The lowest BCUT2D eigenvalue weighted by Crippen LogP contribution is -2.18. The predicted molar refractivity (Wildman–Crippen MR) is 42.7 cm³/mol.